The molecular weight excluding hydrogens is 292 g/mol. The highest BCUT2D eigenvalue weighted by Crippen LogP contribution is 2.15. The van der Waals surface area contributed by atoms with Crippen molar-refractivity contribution in [1.82, 2.24) is 15.3 Å². The second-order valence-electron chi connectivity index (χ2n) is 5.78. The highest BCUT2D eigenvalue weighted by atomic mass is 16.3. The first-order valence-corrected chi connectivity index (χ1v) is 7.63. The summed E-state index contributed by atoms with van der Waals surface area (Å²) in [6.07, 6.45) is 5.53. The first-order chi connectivity index (χ1) is 11.1. The Morgan fingerprint density at radius 3 is 2.78 bits per heavy atom. The van der Waals surface area contributed by atoms with Crippen molar-refractivity contribution < 1.29 is 9.90 Å². The molecule has 6 heteroatoms. The zero-order valence-electron chi connectivity index (χ0n) is 13.4. The lowest BCUT2D eigenvalue weighted by molar-refractivity contribution is 0.0908. The van der Waals surface area contributed by atoms with Gasteiger partial charge in [-0.2, -0.15) is 0 Å². The van der Waals surface area contributed by atoms with Crippen LogP contribution in [-0.2, 0) is 0 Å². The Labute approximate surface area is 136 Å². The SMILES string of the molecule is CC(C)CC(CO)NC(=O)c1cccc(Nc2cnccn2)c1. The molecule has 0 saturated heterocycles. The Balaban J connectivity index is 2.05. The van der Waals surface area contributed by atoms with E-state index in [-0.39, 0.29) is 18.6 Å². The van der Waals surface area contributed by atoms with Crippen LogP contribution < -0.4 is 10.6 Å². The van der Waals surface area contributed by atoms with Crippen molar-refractivity contribution in [3.63, 3.8) is 0 Å². The fourth-order valence-corrected chi connectivity index (χ4v) is 2.27. The van der Waals surface area contributed by atoms with Crippen LogP contribution in [0.1, 0.15) is 30.6 Å². The van der Waals surface area contributed by atoms with Crippen LogP contribution in [0.3, 0.4) is 0 Å². The maximum Gasteiger partial charge on any atom is 0.251 e. The minimum absolute atomic E-state index is 0.0680. The van der Waals surface area contributed by atoms with Gasteiger partial charge in [-0.1, -0.05) is 19.9 Å². The summed E-state index contributed by atoms with van der Waals surface area (Å²) in [5.41, 5.74) is 1.28. The molecule has 122 valence electrons. The van der Waals surface area contributed by atoms with Gasteiger partial charge in [0.15, 0.2) is 0 Å². The summed E-state index contributed by atoms with van der Waals surface area (Å²) in [4.78, 5) is 20.4. The summed E-state index contributed by atoms with van der Waals surface area (Å²) in [7, 11) is 0. The zero-order valence-corrected chi connectivity index (χ0v) is 13.4. The number of benzene rings is 1. The number of amides is 1. The molecule has 0 aliphatic carbocycles. The van der Waals surface area contributed by atoms with E-state index < -0.39 is 0 Å². The van der Waals surface area contributed by atoms with Crippen LogP contribution in [0.2, 0.25) is 0 Å². The molecular formula is C17H22N4O2. The number of aliphatic hydroxyl groups is 1. The molecule has 2 rings (SSSR count). The van der Waals surface area contributed by atoms with Gasteiger partial charge >= 0.3 is 0 Å². The summed E-state index contributed by atoms with van der Waals surface area (Å²) in [6, 6.07) is 6.89. The Hall–Kier alpha value is -2.47. The molecule has 6 nitrogen and oxygen atoms in total. The predicted octanol–water partition coefficient (Wildman–Crippen LogP) is 2.36. The number of hydrogen-bond acceptors (Lipinski definition) is 5. The van der Waals surface area contributed by atoms with Crippen LogP contribution in [0, 0.1) is 5.92 Å². The third-order valence-corrected chi connectivity index (χ3v) is 3.27. The summed E-state index contributed by atoms with van der Waals surface area (Å²) in [5.74, 6) is 0.808. The molecule has 1 unspecified atom stereocenters. The van der Waals surface area contributed by atoms with Crippen molar-refractivity contribution in [2.75, 3.05) is 11.9 Å². The molecule has 2 aromatic rings. The Kier molecular flexibility index (Phi) is 6.05. The monoisotopic (exact) mass is 314 g/mol. The van der Waals surface area contributed by atoms with Gasteiger partial charge in [-0.25, -0.2) is 4.98 Å². The number of nitrogens with zero attached hydrogens (tertiary/aromatic N) is 2. The van der Waals surface area contributed by atoms with Crippen molar-refractivity contribution in [1.29, 1.82) is 0 Å². The van der Waals surface area contributed by atoms with Crippen LogP contribution >= 0.6 is 0 Å². The van der Waals surface area contributed by atoms with E-state index in [2.05, 4.69) is 34.4 Å². The standard InChI is InChI=1S/C17H22N4O2/c1-12(2)8-15(11-22)21-17(23)13-4-3-5-14(9-13)20-16-10-18-6-7-19-16/h3-7,9-10,12,15,22H,8,11H2,1-2H3,(H,19,20)(H,21,23). The van der Waals surface area contributed by atoms with Gasteiger partial charge in [-0.3, -0.25) is 9.78 Å². The third-order valence-electron chi connectivity index (χ3n) is 3.27. The molecule has 0 aliphatic heterocycles. The van der Waals surface area contributed by atoms with Gasteiger partial charge in [-0.15, -0.1) is 0 Å². The number of carbonyl (C=O) groups excluding carboxylic acids is 1. The van der Waals surface area contributed by atoms with Gasteiger partial charge in [0, 0.05) is 23.6 Å². The first kappa shape index (κ1) is 16.9. The minimum atomic E-state index is -0.237. The Morgan fingerprint density at radius 1 is 1.30 bits per heavy atom. The first-order valence-electron chi connectivity index (χ1n) is 7.63. The normalized spacial score (nSPS) is 12.0. The molecule has 1 aromatic carbocycles. The van der Waals surface area contributed by atoms with Crippen LogP contribution in [0.4, 0.5) is 11.5 Å². The molecule has 0 aliphatic rings. The predicted molar refractivity (Wildman–Crippen MR) is 89.6 cm³/mol. The third kappa shape index (κ3) is 5.34. The molecule has 0 fully saturated rings. The Morgan fingerprint density at radius 2 is 2.13 bits per heavy atom. The fourth-order valence-electron chi connectivity index (χ4n) is 2.27. The highest BCUT2D eigenvalue weighted by Gasteiger charge is 2.14. The molecule has 0 spiro atoms. The molecule has 23 heavy (non-hydrogen) atoms. The van der Waals surface area contributed by atoms with Crippen molar-refractivity contribution in [2.24, 2.45) is 5.92 Å². The summed E-state index contributed by atoms with van der Waals surface area (Å²) >= 11 is 0. The lowest BCUT2D eigenvalue weighted by Gasteiger charge is -2.18. The maximum atomic E-state index is 12.3. The topological polar surface area (TPSA) is 87.1 Å². The average Bonchev–Trinajstić information content (AvgIpc) is 2.55. The molecule has 1 atom stereocenters. The van der Waals surface area contributed by atoms with Crippen molar-refractivity contribution in [3.05, 3.63) is 48.4 Å². The molecule has 0 bridgehead atoms. The van der Waals surface area contributed by atoms with Gasteiger partial charge in [0.2, 0.25) is 0 Å². The maximum absolute atomic E-state index is 12.3. The van der Waals surface area contributed by atoms with E-state index in [1.807, 2.05) is 6.07 Å². The van der Waals surface area contributed by atoms with Crippen molar-refractivity contribution >= 4 is 17.4 Å². The minimum Gasteiger partial charge on any atom is -0.394 e. The van der Waals surface area contributed by atoms with E-state index in [9.17, 15) is 9.90 Å². The van der Waals surface area contributed by atoms with Crippen LogP contribution in [0.5, 0.6) is 0 Å². The van der Waals surface area contributed by atoms with Crippen molar-refractivity contribution in [3.8, 4) is 0 Å². The second kappa shape index (κ2) is 8.24. The van der Waals surface area contributed by atoms with E-state index in [0.717, 1.165) is 12.1 Å². The number of rotatable bonds is 7. The lowest BCUT2D eigenvalue weighted by atomic mass is 10.0. The number of aromatic nitrogens is 2. The van der Waals surface area contributed by atoms with Gasteiger partial charge in [-0.05, 0) is 30.5 Å². The van der Waals surface area contributed by atoms with Gasteiger partial charge < -0.3 is 15.7 Å². The van der Waals surface area contributed by atoms with E-state index in [1.54, 1.807) is 36.8 Å². The molecule has 3 N–H and O–H groups in total. The second-order valence-corrected chi connectivity index (χ2v) is 5.78. The van der Waals surface area contributed by atoms with Crippen LogP contribution in [0.15, 0.2) is 42.9 Å². The molecule has 1 aromatic heterocycles. The van der Waals surface area contributed by atoms with E-state index in [1.165, 1.54) is 0 Å². The van der Waals surface area contributed by atoms with Gasteiger partial charge in [0.1, 0.15) is 5.82 Å². The van der Waals surface area contributed by atoms with Crippen LogP contribution in [-0.4, -0.2) is 33.6 Å². The number of carbonyl (C=O) groups is 1. The van der Waals surface area contributed by atoms with E-state index >= 15 is 0 Å². The largest absolute Gasteiger partial charge is 0.394 e. The number of nitrogens with one attached hydrogen (secondary N) is 2. The molecule has 0 saturated carbocycles. The Bertz CT molecular complexity index is 632. The number of aliphatic hydroxyl groups excluding tert-OH is 1. The number of hydrogen-bond donors (Lipinski definition) is 3. The van der Waals surface area contributed by atoms with Crippen molar-refractivity contribution in [2.45, 2.75) is 26.3 Å². The number of anilines is 2. The van der Waals surface area contributed by atoms with Gasteiger partial charge in [0.25, 0.3) is 5.91 Å². The van der Waals surface area contributed by atoms with E-state index in [0.29, 0.717) is 17.3 Å². The average molecular weight is 314 g/mol. The summed E-state index contributed by atoms with van der Waals surface area (Å²) < 4.78 is 0. The molecule has 0 radical (unpaired) electrons. The molecule has 1 amide bonds. The fraction of sp³-hybridized carbons (Fsp3) is 0.353. The van der Waals surface area contributed by atoms with E-state index in [4.69, 9.17) is 0 Å². The van der Waals surface area contributed by atoms with Gasteiger partial charge in [0.05, 0.1) is 18.8 Å². The molecule has 1 heterocycles. The summed E-state index contributed by atoms with van der Waals surface area (Å²) in [5, 5.41) is 15.3. The zero-order chi connectivity index (χ0) is 16.7. The lowest BCUT2D eigenvalue weighted by Crippen LogP contribution is -2.38. The summed E-state index contributed by atoms with van der Waals surface area (Å²) in [6.45, 7) is 4.04. The van der Waals surface area contributed by atoms with Crippen LogP contribution in [0.25, 0.3) is 0 Å². The smallest absolute Gasteiger partial charge is 0.251 e. The quantitative estimate of drug-likeness (QED) is 0.730. The highest BCUT2D eigenvalue weighted by molar-refractivity contribution is 5.95.